The molecule has 238 valence electrons. The lowest BCUT2D eigenvalue weighted by Gasteiger charge is -2.24. The summed E-state index contributed by atoms with van der Waals surface area (Å²) in [4.78, 5) is 41.8. The molecule has 1 amide bonds. The highest BCUT2D eigenvalue weighted by molar-refractivity contribution is 7.57. The number of carbonyl (C=O) groups excluding carboxylic acids is 2. The minimum atomic E-state index is -3.76. The van der Waals surface area contributed by atoms with Gasteiger partial charge >= 0.3 is 13.5 Å². The number of fused-ring (bicyclic) bond motifs is 1. The molecule has 1 saturated heterocycles. The Kier molecular flexibility index (Phi) is 10.2. The van der Waals surface area contributed by atoms with Gasteiger partial charge in [-0.25, -0.2) is 20.0 Å². The smallest absolute Gasteiger partial charge is 0.342 e. The average Bonchev–Trinajstić information content (AvgIpc) is 3.61. The summed E-state index contributed by atoms with van der Waals surface area (Å²) in [5, 5.41) is 16.3. The van der Waals surface area contributed by atoms with E-state index < -0.39 is 43.9 Å². The number of aromatic nitrogens is 5. The second-order valence-electron chi connectivity index (χ2n) is 10.6. The zero-order valence-electron chi connectivity index (χ0n) is 24.8. The lowest BCUT2D eigenvalue weighted by atomic mass is 10.2. The van der Waals surface area contributed by atoms with Crippen LogP contribution in [-0.4, -0.2) is 78.8 Å². The molecular weight excluding hydrogens is 605 g/mol. The van der Waals surface area contributed by atoms with Gasteiger partial charge in [0.15, 0.2) is 23.2 Å². The normalized spacial score (nSPS) is 20.1. The van der Waals surface area contributed by atoms with Gasteiger partial charge in [0.25, 0.3) is 5.91 Å². The van der Waals surface area contributed by atoms with E-state index in [1.165, 1.54) is 32.0 Å². The Morgan fingerprint density at radius 2 is 1.87 bits per heavy atom. The number of aliphatic hydroxyl groups excluding tert-OH is 1. The number of nitrogens with one attached hydrogen (secondary N) is 2. The number of imidazole rings is 1. The van der Waals surface area contributed by atoms with Gasteiger partial charge in [-0.15, -0.1) is 0 Å². The van der Waals surface area contributed by atoms with Crippen LogP contribution >= 0.6 is 7.52 Å². The van der Waals surface area contributed by atoms with Gasteiger partial charge in [0.1, 0.15) is 30.6 Å². The van der Waals surface area contributed by atoms with Gasteiger partial charge in [-0.3, -0.25) is 23.7 Å². The number of para-hydroxylation sites is 1. The van der Waals surface area contributed by atoms with E-state index in [-0.39, 0.29) is 31.3 Å². The molecule has 1 aromatic carbocycles. The average molecular weight is 640 g/mol. The first kappa shape index (κ1) is 32.1. The summed E-state index contributed by atoms with van der Waals surface area (Å²) in [6.07, 6.45) is 2.82. The maximum Gasteiger partial charge on any atom is 0.342 e. The Balaban J connectivity index is 1.23. The molecule has 0 aliphatic carbocycles. The highest BCUT2D eigenvalue weighted by Crippen LogP contribution is 2.44. The summed E-state index contributed by atoms with van der Waals surface area (Å²) in [7, 11) is -3.76. The number of hydrogen-bond donors (Lipinski definition) is 3. The lowest BCUT2D eigenvalue weighted by Crippen LogP contribution is -2.36. The third-order valence-corrected chi connectivity index (χ3v) is 8.44. The van der Waals surface area contributed by atoms with E-state index in [0.717, 1.165) is 0 Å². The molecule has 16 heteroatoms. The summed E-state index contributed by atoms with van der Waals surface area (Å²) in [5.74, 6) is -0.445. The van der Waals surface area contributed by atoms with Crippen LogP contribution in [0.25, 0.3) is 11.2 Å². The van der Waals surface area contributed by atoms with Crippen molar-refractivity contribution in [1.82, 2.24) is 29.6 Å². The van der Waals surface area contributed by atoms with Crippen molar-refractivity contribution in [3.63, 3.8) is 0 Å². The number of benzene rings is 1. The van der Waals surface area contributed by atoms with Crippen molar-refractivity contribution < 1.29 is 38.0 Å². The van der Waals surface area contributed by atoms with E-state index in [4.69, 9.17) is 18.7 Å². The molecule has 0 saturated carbocycles. The van der Waals surface area contributed by atoms with E-state index >= 15 is 0 Å². The molecule has 4 heterocycles. The minimum absolute atomic E-state index is 0.0307. The molecule has 0 spiro atoms. The SMILES string of the molecule is CC(C)OC(=O)C(C)NP(=O)(COC[C@@H]1CC(O)[C@H](n2cnc3c(NC(=O)c4ccncc4)ncnc32)O1)Oc1ccccc1. The summed E-state index contributed by atoms with van der Waals surface area (Å²) in [6.45, 7) is 4.94. The number of ether oxygens (including phenoxy) is 3. The standard InChI is InChI=1S/C29H34N7O8P/c1-18(2)42-29(39)19(3)35-45(40,44-21-7-5-4-6-8-21)17-41-14-22-13-23(37)28(43-22)36-16-33-24-25(31-15-32-26(24)36)34-27(38)20-9-11-30-12-10-20/h4-12,15-16,18-19,22-23,28,37H,13-14,17H2,1-3H3,(H,35,40)(H,31,32,34,38)/t19?,22-,23?,28+,45?/m0/s1. The second kappa shape index (κ2) is 14.2. The van der Waals surface area contributed by atoms with E-state index in [2.05, 4.69) is 30.3 Å². The van der Waals surface area contributed by atoms with Crippen LogP contribution in [0.2, 0.25) is 0 Å². The van der Waals surface area contributed by atoms with Gasteiger partial charge in [0.05, 0.1) is 25.1 Å². The van der Waals surface area contributed by atoms with Crippen LogP contribution in [0.4, 0.5) is 5.82 Å². The van der Waals surface area contributed by atoms with Gasteiger partial charge in [-0.1, -0.05) is 18.2 Å². The van der Waals surface area contributed by atoms with Crippen molar-refractivity contribution in [2.45, 2.75) is 57.8 Å². The number of amides is 1. The number of hydrogen-bond acceptors (Lipinski definition) is 12. The first-order chi connectivity index (χ1) is 21.6. The van der Waals surface area contributed by atoms with Crippen LogP contribution in [0.1, 0.15) is 43.8 Å². The number of rotatable bonds is 13. The highest BCUT2D eigenvalue weighted by Gasteiger charge is 2.38. The largest absolute Gasteiger partial charge is 0.462 e. The van der Waals surface area contributed by atoms with Crippen LogP contribution in [-0.2, 0) is 23.6 Å². The van der Waals surface area contributed by atoms with Crippen molar-refractivity contribution in [3.05, 3.63) is 73.1 Å². The molecule has 15 nitrogen and oxygen atoms in total. The molecule has 1 aliphatic heterocycles. The first-order valence-electron chi connectivity index (χ1n) is 14.2. The lowest BCUT2D eigenvalue weighted by molar-refractivity contribution is -0.149. The third kappa shape index (κ3) is 8.07. The summed E-state index contributed by atoms with van der Waals surface area (Å²) in [5.41, 5.74) is 1.05. The molecule has 3 unspecified atom stereocenters. The van der Waals surface area contributed by atoms with Crippen LogP contribution in [0.3, 0.4) is 0 Å². The second-order valence-corrected chi connectivity index (χ2v) is 12.6. The number of carbonyl (C=O) groups is 2. The Labute approximate surface area is 258 Å². The monoisotopic (exact) mass is 639 g/mol. The molecular formula is C29H34N7O8P. The minimum Gasteiger partial charge on any atom is -0.462 e. The molecule has 5 rings (SSSR count). The first-order valence-corrected chi connectivity index (χ1v) is 16.0. The third-order valence-electron chi connectivity index (χ3n) is 6.63. The van der Waals surface area contributed by atoms with Crippen molar-refractivity contribution in [3.8, 4) is 5.75 Å². The number of esters is 1. The van der Waals surface area contributed by atoms with Gasteiger partial charge < -0.3 is 29.2 Å². The molecule has 45 heavy (non-hydrogen) atoms. The van der Waals surface area contributed by atoms with E-state index in [1.54, 1.807) is 60.9 Å². The number of aliphatic hydroxyl groups is 1. The Morgan fingerprint density at radius 3 is 2.60 bits per heavy atom. The van der Waals surface area contributed by atoms with Gasteiger partial charge in [0, 0.05) is 24.4 Å². The van der Waals surface area contributed by atoms with Gasteiger partial charge in [0.2, 0.25) is 0 Å². The number of anilines is 1. The molecule has 1 aliphatic rings. The van der Waals surface area contributed by atoms with Crippen molar-refractivity contribution in [2.75, 3.05) is 18.3 Å². The highest BCUT2D eigenvalue weighted by atomic mass is 31.2. The summed E-state index contributed by atoms with van der Waals surface area (Å²) >= 11 is 0. The van der Waals surface area contributed by atoms with Crippen LogP contribution in [0.5, 0.6) is 5.75 Å². The zero-order chi connectivity index (χ0) is 32.0. The fourth-order valence-corrected chi connectivity index (χ4v) is 6.31. The molecule has 3 aromatic heterocycles. The molecule has 0 bridgehead atoms. The maximum atomic E-state index is 13.8. The van der Waals surface area contributed by atoms with Gasteiger partial charge in [-0.2, -0.15) is 0 Å². The Hall–Kier alpha value is -4.27. The predicted octanol–water partition coefficient (Wildman–Crippen LogP) is 3.30. The molecule has 4 aromatic rings. The van der Waals surface area contributed by atoms with Crippen molar-refractivity contribution in [1.29, 1.82) is 0 Å². The fourth-order valence-electron chi connectivity index (χ4n) is 4.63. The summed E-state index contributed by atoms with van der Waals surface area (Å²) in [6, 6.07) is 10.7. The van der Waals surface area contributed by atoms with E-state index in [9.17, 15) is 19.3 Å². The molecule has 0 radical (unpaired) electrons. The van der Waals surface area contributed by atoms with Crippen molar-refractivity contribution >= 4 is 36.4 Å². The Morgan fingerprint density at radius 1 is 1.11 bits per heavy atom. The zero-order valence-corrected chi connectivity index (χ0v) is 25.7. The molecule has 1 fully saturated rings. The predicted molar refractivity (Wildman–Crippen MR) is 161 cm³/mol. The maximum absolute atomic E-state index is 13.8. The Bertz CT molecular complexity index is 1660. The fraction of sp³-hybridized carbons (Fsp3) is 0.379. The van der Waals surface area contributed by atoms with E-state index in [1.807, 2.05) is 0 Å². The van der Waals surface area contributed by atoms with E-state index in [0.29, 0.717) is 22.5 Å². The number of nitrogens with zero attached hydrogens (tertiary/aromatic N) is 5. The summed E-state index contributed by atoms with van der Waals surface area (Å²) < 4.78 is 38.2. The van der Waals surface area contributed by atoms with Crippen molar-refractivity contribution in [2.24, 2.45) is 0 Å². The van der Waals surface area contributed by atoms with Crippen LogP contribution < -0.4 is 14.9 Å². The quantitative estimate of drug-likeness (QED) is 0.143. The molecule has 5 atom stereocenters. The van der Waals surface area contributed by atoms with Crippen LogP contribution in [0, 0.1) is 0 Å². The topological polar surface area (TPSA) is 189 Å². The number of pyridine rings is 1. The van der Waals surface area contributed by atoms with Crippen LogP contribution in [0.15, 0.2) is 67.5 Å². The van der Waals surface area contributed by atoms with Gasteiger partial charge in [-0.05, 0) is 45.0 Å². The molecule has 3 N–H and O–H groups in total.